The zero-order chi connectivity index (χ0) is 8.19. The van der Waals surface area contributed by atoms with Crippen LogP contribution in [0.2, 0.25) is 0 Å². The van der Waals surface area contributed by atoms with Crippen molar-refractivity contribution in [3.63, 3.8) is 0 Å². The van der Waals surface area contributed by atoms with Crippen molar-refractivity contribution in [3.8, 4) is 0 Å². The quantitative estimate of drug-likeness (QED) is 0.555. The van der Waals surface area contributed by atoms with Crippen LogP contribution in [-0.2, 0) is 0 Å². The van der Waals surface area contributed by atoms with E-state index < -0.39 is 11.2 Å². The van der Waals surface area contributed by atoms with Crippen molar-refractivity contribution in [2.75, 3.05) is 0 Å². The topological polar surface area (TPSA) is 40.5 Å². The first-order chi connectivity index (χ1) is 5.60. The first-order valence-electron chi connectivity index (χ1n) is 5.04. The molecule has 12 heavy (non-hydrogen) atoms. The molecule has 4 rings (SSSR count). The Kier molecular flexibility index (Phi) is 0.684. The molecule has 4 fully saturated rings. The molecule has 2 heteroatoms. The van der Waals surface area contributed by atoms with Gasteiger partial charge in [0.2, 0.25) is 0 Å². The summed E-state index contributed by atoms with van der Waals surface area (Å²) in [4.78, 5) is 0. The van der Waals surface area contributed by atoms with Crippen molar-refractivity contribution >= 4 is 0 Å². The Hall–Kier alpha value is -0.0800. The normalized spacial score (nSPS) is 76.5. The van der Waals surface area contributed by atoms with Gasteiger partial charge in [0.15, 0.2) is 0 Å². The molecule has 4 aliphatic carbocycles. The summed E-state index contributed by atoms with van der Waals surface area (Å²) in [5.74, 6) is 1.30. The van der Waals surface area contributed by atoms with Gasteiger partial charge in [-0.3, -0.25) is 0 Å². The lowest BCUT2D eigenvalue weighted by Gasteiger charge is -2.74. The molecular weight excluding hydrogens is 152 g/mol. The van der Waals surface area contributed by atoms with Gasteiger partial charge in [0, 0.05) is 5.41 Å². The number of hydrogen-bond donors (Lipinski definition) is 2. The van der Waals surface area contributed by atoms with Crippen LogP contribution in [-0.4, -0.2) is 21.4 Å². The predicted molar refractivity (Wildman–Crippen MR) is 42.4 cm³/mol. The fourth-order valence-electron chi connectivity index (χ4n) is 5.24. The molecule has 0 aromatic heterocycles. The molecule has 1 spiro atoms. The van der Waals surface area contributed by atoms with E-state index in [1.807, 2.05) is 0 Å². The molecule has 0 aliphatic heterocycles. The summed E-state index contributed by atoms with van der Waals surface area (Å²) >= 11 is 0. The fraction of sp³-hybridized carbons (Fsp3) is 1.00. The molecule has 4 aliphatic rings. The van der Waals surface area contributed by atoms with Gasteiger partial charge in [-0.15, -0.1) is 0 Å². The minimum absolute atomic E-state index is 0.00926. The molecule has 0 saturated heterocycles. The van der Waals surface area contributed by atoms with Gasteiger partial charge < -0.3 is 10.2 Å². The van der Waals surface area contributed by atoms with Gasteiger partial charge in [-0.1, -0.05) is 0 Å². The maximum atomic E-state index is 10.2. The minimum Gasteiger partial charge on any atom is -0.389 e. The standard InChI is InChI=1S/C10H14O2/c11-8-1-6-2-9(12)5-7(4-8)10(8,9)3-6/h6-7,11-12H,1-5H2. The molecule has 66 valence electrons. The van der Waals surface area contributed by atoms with E-state index in [4.69, 9.17) is 0 Å². The second-order valence-electron chi connectivity index (χ2n) is 5.62. The second kappa shape index (κ2) is 1.28. The van der Waals surface area contributed by atoms with Crippen LogP contribution in [0, 0.1) is 17.3 Å². The summed E-state index contributed by atoms with van der Waals surface area (Å²) in [6.45, 7) is 0. The third kappa shape index (κ3) is 0.330. The number of aliphatic hydroxyl groups is 2. The lowest BCUT2D eigenvalue weighted by atomic mass is 9.34. The van der Waals surface area contributed by atoms with Gasteiger partial charge in [-0.05, 0) is 43.9 Å². The number of fused-ring (bicyclic) bond motifs is 1. The molecular formula is C10H14O2. The Morgan fingerprint density at radius 2 is 1.42 bits per heavy atom. The Bertz CT molecular complexity index is 266. The fourth-order valence-corrected chi connectivity index (χ4v) is 5.24. The van der Waals surface area contributed by atoms with Crippen LogP contribution < -0.4 is 0 Å². The predicted octanol–water partition coefficient (Wildman–Crippen LogP) is 0.672. The summed E-state index contributed by atoms with van der Waals surface area (Å²) in [6.07, 6.45) is 5.03. The SMILES string of the molecule is OC12CC3CC4(O)CC(C1)C24C3. The highest BCUT2D eigenvalue weighted by Gasteiger charge is 2.86. The van der Waals surface area contributed by atoms with Crippen LogP contribution in [0.4, 0.5) is 0 Å². The first-order valence-corrected chi connectivity index (χ1v) is 5.04. The van der Waals surface area contributed by atoms with Crippen LogP contribution in [0.1, 0.15) is 32.1 Å². The monoisotopic (exact) mass is 166 g/mol. The molecule has 0 radical (unpaired) electrons. The Labute approximate surface area is 71.6 Å². The van der Waals surface area contributed by atoms with Crippen molar-refractivity contribution in [2.45, 2.75) is 43.3 Å². The molecule has 0 aromatic carbocycles. The highest BCUT2D eigenvalue weighted by Crippen LogP contribution is 2.84. The molecule has 2 nitrogen and oxygen atoms in total. The van der Waals surface area contributed by atoms with Crippen molar-refractivity contribution in [1.82, 2.24) is 0 Å². The Morgan fingerprint density at radius 1 is 0.833 bits per heavy atom. The number of hydrogen-bond acceptors (Lipinski definition) is 2. The van der Waals surface area contributed by atoms with Crippen LogP contribution in [0.25, 0.3) is 0 Å². The third-order valence-corrected chi connectivity index (χ3v) is 5.39. The maximum absolute atomic E-state index is 10.2. The van der Waals surface area contributed by atoms with Gasteiger partial charge in [0.25, 0.3) is 0 Å². The molecule has 0 heterocycles. The van der Waals surface area contributed by atoms with Crippen molar-refractivity contribution < 1.29 is 10.2 Å². The average Bonchev–Trinajstić information content (AvgIpc) is 2.32. The van der Waals surface area contributed by atoms with E-state index in [2.05, 4.69) is 0 Å². The average molecular weight is 166 g/mol. The molecule has 2 N–H and O–H groups in total. The maximum Gasteiger partial charge on any atom is 0.0739 e. The molecule has 4 saturated carbocycles. The van der Waals surface area contributed by atoms with E-state index in [1.165, 1.54) is 0 Å². The van der Waals surface area contributed by atoms with Crippen molar-refractivity contribution in [3.05, 3.63) is 0 Å². The molecule has 0 aromatic rings. The van der Waals surface area contributed by atoms with Gasteiger partial charge in [0.1, 0.15) is 0 Å². The van der Waals surface area contributed by atoms with Gasteiger partial charge in [0.05, 0.1) is 11.2 Å². The Morgan fingerprint density at radius 3 is 1.75 bits per heavy atom. The zero-order valence-electron chi connectivity index (χ0n) is 7.08. The summed E-state index contributed by atoms with van der Waals surface area (Å²) < 4.78 is 0. The van der Waals surface area contributed by atoms with Crippen LogP contribution in [0.5, 0.6) is 0 Å². The van der Waals surface area contributed by atoms with E-state index in [9.17, 15) is 10.2 Å². The summed E-state index contributed by atoms with van der Waals surface area (Å²) in [7, 11) is 0. The first kappa shape index (κ1) is 6.39. The van der Waals surface area contributed by atoms with Crippen molar-refractivity contribution in [1.29, 1.82) is 0 Å². The molecule has 2 atom stereocenters. The van der Waals surface area contributed by atoms with Gasteiger partial charge >= 0.3 is 0 Å². The van der Waals surface area contributed by atoms with Crippen molar-refractivity contribution in [2.24, 2.45) is 17.3 Å². The highest BCUT2D eigenvalue weighted by molar-refractivity contribution is 5.36. The van der Waals surface area contributed by atoms with E-state index in [0.29, 0.717) is 11.8 Å². The van der Waals surface area contributed by atoms with Gasteiger partial charge in [-0.25, -0.2) is 0 Å². The van der Waals surface area contributed by atoms with Crippen LogP contribution >= 0.6 is 0 Å². The molecule has 2 unspecified atom stereocenters. The molecule has 0 amide bonds. The highest BCUT2D eigenvalue weighted by atomic mass is 16.3. The second-order valence-corrected chi connectivity index (χ2v) is 5.62. The van der Waals surface area contributed by atoms with E-state index in [-0.39, 0.29) is 5.41 Å². The van der Waals surface area contributed by atoms with Crippen LogP contribution in [0.3, 0.4) is 0 Å². The summed E-state index contributed by atoms with van der Waals surface area (Å²) in [5.41, 5.74) is -0.883. The lowest BCUT2D eigenvalue weighted by molar-refractivity contribution is -0.352. The largest absolute Gasteiger partial charge is 0.389 e. The lowest BCUT2D eigenvalue weighted by Crippen LogP contribution is -2.79. The minimum atomic E-state index is -0.437. The van der Waals surface area contributed by atoms with E-state index in [1.54, 1.807) is 0 Å². The number of rotatable bonds is 0. The zero-order valence-corrected chi connectivity index (χ0v) is 7.08. The smallest absolute Gasteiger partial charge is 0.0739 e. The van der Waals surface area contributed by atoms with Crippen LogP contribution in [0.15, 0.2) is 0 Å². The summed E-state index contributed by atoms with van der Waals surface area (Å²) in [5, 5.41) is 20.5. The van der Waals surface area contributed by atoms with Gasteiger partial charge in [-0.2, -0.15) is 0 Å². The third-order valence-electron chi connectivity index (χ3n) is 5.39. The summed E-state index contributed by atoms with van der Waals surface area (Å²) in [6, 6.07) is 0. The Balaban J connectivity index is 1.94. The van der Waals surface area contributed by atoms with E-state index >= 15 is 0 Å². The van der Waals surface area contributed by atoms with E-state index in [0.717, 1.165) is 32.1 Å². The molecule has 2 bridgehead atoms.